The van der Waals surface area contributed by atoms with Crippen LogP contribution in [0.4, 0.5) is 0 Å². The Balaban J connectivity index is 1.67. The number of hydrogen-bond donors (Lipinski definition) is 1. The largest absolute Gasteiger partial charge is 0.384 e. The molecule has 2 aliphatic rings. The van der Waals surface area contributed by atoms with Gasteiger partial charge in [0.2, 0.25) is 5.91 Å². The summed E-state index contributed by atoms with van der Waals surface area (Å²) in [7, 11) is 1.88. The van der Waals surface area contributed by atoms with Crippen molar-refractivity contribution in [2.24, 2.45) is 17.8 Å². The molecule has 0 bridgehead atoms. The van der Waals surface area contributed by atoms with Crippen molar-refractivity contribution in [3.8, 4) is 11.8 Å². The highest BCUT2D eigenvalue weighted by Gasteiger charge is 2.57. The van der Waals surface area contributed by atoms with Gasteiger partial charge in [0.15, 0.2) is 0 Å². The zero-order valence-electron chi connectivity index (χ0n) is 12.4. The molecule has 2 atom stereocenters. The van der Waals surface area contributed by atoms with Gasteiger partial charge in [-0.15, -0.1) is 0 Å². The van der Waals surface area contributed by atoms with Gasteiger partial charge in [0.05, 0.1) is 0 Å². The van der Waals surface area contributed by atoms with Crippen molar-refractivity contribution in [2.75, 3.05) is 13.7 Å². The van der Waals surface area contributed by atoms with Gasteiger partial charge in [0.25, 0.3) is 0 Å². The molecule has 2 saturated carbocycles. The molecule has 1 N–H and O–H groups in total. The summed E-state index contributed by atoms with van der Waals surface area (Å²) in [5.41, 5.74) is 1.93. The van der Waals surface area contributed by atoms with Crippen LogP contribution in [-0.2, 0) is 11.3 Å². The highest BCUT2D eigenvalue weighted by atomic mass is 16.2. The van der Waals surface area contributed by atoms with E-state index in [9.17, 15) is 4.79 Å². The number of carbonyl (C=O) groups is 1. The van der Waals surface area contributed by atoms with Crippen molar-refractivity contribution in [3.63, 3.8) is 0 Å². The van der Waals surface area contributed by atoms with Gasteiger partial charge < -0.3 is 10.0 Å². The molecule has 3 rings (SSSR count). The number of hydrogen-bond acceptors (Lipinski definition) is 2. The molecule has 1 amide bonds. The molecule has 0 radical (unpaired) electrons. The van der Waals surface area contributed by atoms with E-state index >= 15 is 0 Å². The molecule has 21 heavy (non-hydrogen) atoms. The molecular formula is C18H21NO2. The van der Waals surface area contributed by atoms with Gasteiger partial charge in [0, 0.05) is 25.1 Å². The van der Waals surface area contributed by atoms with Crippen molar-refractivity contribution < 1.29 is 9.90 Å². The molecule has 0 aromatic heterocycles. The lowest BCUT2D eigenvalue weighted by molar-refractivity contribution is -0.132. The first-order chi connectivity index (χ1) is 10.2. The Morgan fingerprint density at radius 2 is 2.05 bits per heavy atom. The number of fused-ring (bicyclic) bond motifs is 1. The van der Waals surface area contributed by atoms with E-state index in [2.05, 4.69) is 11.8 Å². The van der Waals surface area contributed by atoms with Crippen molar-refractivity contribution in [2.45, 2.75) is 25.8 Å². The monoisotopic (exact) mass is 283 g/mol. The molecule has 1 aromatic rings. The Hall–Kier alpha value is -1.79. The third kappa shape index (κ3) is 2.82. The van der Waals surface area contributed by atoms with Crippen LogP contribution in [0.2, 0.25) is 0 Å². The Morgan fingerprint density at radius 3 is 2.76 bits per heavy atom. The van der Waals surface area contributed by atoms with Gasteiger partial charge in [-0.05, 0) is 36.3 Å². The fourth-order valence-electron chi connectivity index (χ4n) is 3.69. The lowest BCUT2D eigenvalue weighted by Gasteiger charge is -2.19. The van der Waals surface area contributed by atoms with E-state index in [0.29, 0.717) is 18.4 Å². The maximum atomic E-state index is 12.5. The summed E-state index contributed by atoms with van der Waals surface area (Å²) in [5, 5.41) is 8.82. The fourth-order valence-corrected chi connectivity index (χ4v) is 3.69. The SMILES string of the molecule is CN(Cc1ccccc1C#CCO)C(=O)C1C2CCCC21. The van der Waals surface area contributed by atoms with Crippen LogP contribution in [0, 0.1) is 29.6 Å². The van der Waals surface area contributed by atoms with E-state index in [1.54, 1.807) is 0 Å². The summed E-state index contributed by atoms with van der Waals surface area (Å²) in [6.07, 6.45) is 3.75. The van der Waals surface area contributed by atoms with Gasteiger partial charge >= 0.3 is 0 Å². The molecule has 2 unspecified atom stereocenters. The zero-order valence-corrected chi connectivity index (χ0v) is 12.4. The first-order valence-electron chi connectivity index (χ1n) is 7.65. The van der Waals surface area contributed by atoms with Crippen LogP contribution in [0.5, 0.6) is 0 Å². The summed E-state index contributed by atoms with van der Waals surface area (Å²) in [4.78, 5) is 14.3. The number of rotatable bonds is 3. The molecular weight excluding hydrogens is 262 g/mol. The van der Waals surface area contributed by atoms with Crippen molar-refractivity contribution in [1.82, 2.24) is 4.90 Å². The number of benzene rings is 1. The highest BCUT2D eigenvalue weighted by molar-refractivity contribution is 5.82. The Kier molecular flexibility index (Phi) is 3.98. The molecule has 110 valence electrons. The van der Waals surface area contributed by atoms with Crippen LogP contribution in [0.1, 0.15) is 30.4 Å². The second kappa shape index (κ2) is 5.91. The Morgan fingerprint density at radius 1 is 1.33 bits per heavy atom. The van der Waals surface area contributed by atoms with Gasteiger partial charge in [-0.2, -0.15) is 0 Å². The molecule has 1 aromatic carbocycles. The maximum absolute atomic E-state index is 12.5. The third-order valence-electron chi connectivity index (χ3n) is 4.79. The minimum absolute atomic E-state index is 0.144. The average molecular weight is 283 g/mol. The number of aliphatic hydroxyl groups is 1. The molecule has 0 spiro atoms. The number of amides is 1. The van der Waals surface area contributed by atoms with Gasteiger partial charge in [-0.1, -0.05) is 36.5 Å². The topological polar surface area (TPSA) is 40.5 Å². The Labute approximate surface area is 126 Å². The van der Waals surface area contributed by atoms with Crippen LogP contribution >= 0.6 is 0 Å². The molecule has 0 aliphatic heterocycles. The summed E-state index contributed by atoms with van der Waals surface area (Å²) in [6.45, 7) is 0.444. The van der Waals surface area contributed by atoms with Crippen LogP contribution in [-0.4, -0.2) is 29.6 Å². The maximum Gasteiger partial charge on any atom is 0.226 e. The van der Waals surface area contributed by atoms with E-state index in [1.807, 2.05) is 36.2 Å². The summed E-state index contributed by atoms with van der Waals surface area (Å²) >= 11 is 0. The molecule has 0 heterocycles. The molecule has 2 fully saturated rings. The number of carbonyl (C=O) groups excluding carboxylic acids is 1. The second-order valence-corrected chi connectivity index (χ2v) is 6.10. The predicted molar refractivity (Wildman–Crippen MR) is 81.2 cm³/mol. The third-order valence-corrected chi connectivity index (χ3v) is 4.79. The minimum Gasteiger partial charge on any atom is -0.384 e. The van der Waals surface area contributed by atoms with E-state index in [0.717, 1.165) is 11.1 Å². The van der Waals surface area contributed by atoms with Crippen LogP contribution in [0.15, 0.2) is 24.3 Å². The van der Waals surface area contributed by atoms with Crippen LogP contribution in [0.3, 0.4) is 0 Å². The molecule has 3 heteroatoms. The lowest BCUT2D eigenvalue weighted by Crippen LogP contribution is -2.29. The zero-order chi connectivity index (χ0) is 14.8. The number of nitrogens with zero attached hydrogens (tertiary/aromatic N) is 1. The van der Waals surface area contributed by atoms with E-state index in [1.165, 1.54) is 19.3 Å². The first kappa shape index (κ1) is 14.2. The number of aliphatic hydroxyl groups excluding tert-OH is 1. The fraction of sp³-hybridized carbons (Fsp3) is 0.500. The first-order valence-corrected chi connectivity index (χ1v) is 7.65. The minimum atomic E-state index is -0.144. The predicted octanol–water partition coefficient (Wildman–Crippen LogP) is 2.03. The van der Waals surface area contributed by atoms with Gasteiger partial charge in [-0.3, -0.25) is 4.79 Å². The summed E-state index contributed by atoms with van der Waals surface area (Å²) < 4.78 is 0. The smallest absolute Gasteiger partial charge is 0.226 e. The summed E-state index contributed by atoms with van der Waals surface area (Å²) in [5.74, 6) is 7.51. The van der Waals surface area contributed by atoms with Gasteiger partial charge in [-0.25, -0.2) is 0 Å². The van der Waals surface area contributed by atoms with E-state index in [4.69, 9.17) is 5.11 Å². The summed E-state index contributed by atoms with van der Waals surface area (Å²) in [6, 6.07) is 7.82. The quantitative estimate of drug-likeness (QED) is 0.862. The van der Waals surface area contributed by atoms with Crippen molar-refractivity contribution >= 4 is 5.91 Å². The standard InChI is InChI=1S/C18H21NO2/c1-19(18(21)17-15-9-4-10-16(15)17)12-14-7-3-2-6-13(14)8-5-11-20/h2-3,6-7,15-17,20H,4,9-12H2,1H3. The average Bonchev–Trinajstić information content (AvgIpc) is 2.97. The van der Waals surface area contributed by atoms with Gasteiger partial charge in [0.1, 0.15) is 6.61 Å². The van der Waals surface area contributed by atoms with E-state index in [-0.39, 0.29) is 18.4 Å². The molecule has 3 nitrogen and oxygen atoms in total. The van der Waals surface area contributed by atoms with Crippen molar-refractivity contribution in [1.29, 1.82) is 0 Å². The normalized spacial score (nSPS) is 25.7. The van der Waals surface area contributed by atoms with Crippen LogP contribution in [0.25, 0.3) is 0 Å². The van der Waals surface area contributed by atoms with Crippen LogP contribution < -0.4 is 0 Å². The van der Waals surface area contributed by atoms with E-state index < -0.39 is 0 Å². The highest BCUT2D eigenvalue weighted by Crippen LogP contribution is 2.58. The lowest BCUT2D eigenvalue weighted by atomic mass is 10.1. The Bertz CT molecular complexity index is 589. The molecule has 0 saturated heterocycles. The second-order valence-electron chi connectivity index (χ2n) is 6.10. The molecule has 2 aliphatic carbocycles. The van der Waals surface area contributed by atoms with Crippen molar-refractivity contribution in [3.05, 3.63) is 35.4 Å².